The van der Waals surface area contributed by atoms with Gasteiger partial charge in [-0.15, -0.1) is 6.58 Å². The predicted octanol–water partition coefficient (Wildman–Crippen LogP) is 10.2. The van der Waals surface area contributed by atoms with Gasteiger partial charge in [0.05, 0.1) is 44.7 Å². The average molecular weight is 939 g/mol. The van der Waals surface area contributed by atoms with E-state index in [1.807, 2.05) is 63.5 Å². The molecule has 7 atom stereocenters. The fraction of sp³-hybridized carbons (Fsp3) is 0.308. The van der Waals surface area contributed by atoms with E-state index in [0.29, 0.717) is 35.3 Å². The normalized spacial score (nSPS) is 18.1. The fourth-order valence-corrected chi connectivity index (χ4v) is 9.91. The Labute approximate surface area is 399 Å². The smallest absolute Gasteiger partial charge is 0.295 e. The molecule has 3 aromatic heterocycles. The van der Waals surface area contributed by atoms with Gasteiger partial charge in [0, 0.05) is 24.4 Å². The van der Waals surface area contributed by atoms with E-state index in [0.717, 1.165) is 28.7 Å². The molecule has 0 bridgehead atoms. The van der Waals surface area contributed by atoms with E-state index in [2.05, 4.69) is 95.1 Å². The Balaban J connectivity index is 0.00000381. The number of carbonyl (C=O) groups is 1. The molecule has 354 valence electrons. The van der Waals surface area contributed by atoms with Crippen LogP contribution in [0.2, 0.25) is 0 Å². The molecule has 0 saturated carbocycles. The maximum absolute atomic E-state index is 13.2. The SMILES string of the molecule is C.C=CCC(C)(CC)C(CC#N)OP(OC1CC(n2cnc3c(NC(=O)c4ccccc4)ncnc32)OC1COC(c1ccccc1)(c1ccc(C)cc1)c1ccc(OC)cc1)n1ccnc1.O. The summed E-state index contributed by atoms with van der Waals surface area (Å²) in [6.07, 6.45) is 9.46. The largest absolute Gasteiger partial charge is 0.497 e. The lowest BCUT2D eigenvalue weighted by Gasteiger charge is -2.38. The van der Waals surface area contributed by atoms with E-state index in [4.69, 9.17) is 23.3 Å². The number of carbonyl (C=O) groups excluding carboxylic acids is 1. The van der Waals surface area contributed by atoms with Crippen LogP contribution < -0.4 is 10.1 Å². The molecule has 7 aromatic rings. The Kier molecular flexibility index (Phi) is 17.1. The van der Waals surface area contributed by atoms with Crippen molar-refractivity contribution in [2.24, 2.45) is 5.41 Å². The second-order valence-electron chi connectivity index (χ2n) is 16.5. The number of amides is 1. The zero-order valence-electron chi connectivity index (χ0n) is 37.9. The quantitative estimate of drug-likeness (QED) is 0.0434. The minimum Gasteiger partial charge on any atom is -0.497 e. The Bertz CT molecular complexity index is 2740. The molecule has 4 heterocycles. The summed E-state index contributed by atoms with van der Waals surface area (Å²) in [5.74, 6) is 0.659. The number of rotatable bonds is 20. The van der Waals surface area contributed by atoms with Gasteiger partial charge in [0.1, 0.15) is 36.3 Å². The van der Waals surface area contributed by atoms with Gasteiger partial charge in [0.15, 0.2) is 17.0 Å². The number of benzene rings is 4. The number of fused-ring (bicyclic) bond motifs is 1. The van der Waals surface area contributed by atoms with Crippen LogP contribution in [0.25, 0.3) is 11.2 Å². The molecule has 1 fully saturated rings. The maximum Gasteiger partial charge on any atom is 0.295 e. The number of allylic oxidation sites excluding steroid dienone is 1. The van der Waals surface area contributed by atoms with E-state index in [1.54, 1.807) is 56.4 Å². The molecule has 1 saturated heterocycles. The van der Waals surface area contributed by atoms with Gasteiger partial charge in [-0.05, 0) is 66.1 Å². The highest BCUT2D eigenvalue weighted by Gasteiger charge is 2.45. The molecule has 0 radical (unpaired) electrons. The number of imidazole rings is 2. The van der Waals surface area contributed by atoms with Gasteiger partial charge in [-0.3, -0.25) is 13.7 Å². The lowest BCUT2D eigenvalue weighted by Crippen LogP contribution is -2.38. The van der Waals surface area contributed by atoms with Crippen LogP contribution in [-0.2, 0) is 24.1 Å². The summed E-state index contributed by atoms with van der Waals surface area (Å²) in [5.41, 5.74) is 3.66. The summed E-state index contributed by atoms with van der Waals surface area (Å²) in [7, 11) is -0.248. The third-order valence-electron chi connectivity index (χ3n) is 12.3. The van der Waals surface area contributed by atoms with Crippen molar-refractivity contribution in [1.82, 2.24) is 28.8 Å². The standard InChI is InChI=1S/C51H53N8O6P.CH4.H2O/c1-6-27-50(4,7-2)44(26-28-52)65-66(58-30-29-53-34-58)64-42-31-45(59-35-56-46-47(54-33-55-48(46)59)57-49(60)37-14-10-8-11-15-37)63-43(42)32-62-51(38-16-12-9-13-17-38,39-20-18-36(3)19-21-39)40-22-24-41(61-5)25-23-40;;/h6,8-25,29-30,33-35,42-45H,1,7,26-27,31-32H2,2-5H3,(H,54,55,57,60);1H4;1H2. The minimum absolute atomic E-state index is 0. The molecular weight excluding hydrogens is 880 g/mol. The van der Waals surface area contributed by atoms with Gasteiger partial charge in [0.2, 0.25) is 0 Å². The Morgan fingerprint density at radius 3 is 2.29 bits per heavy atom. The van der Waals surface area contributed by atoms with E-state index >= 15 is 0 Å². The van der Waals surface area contributed by atoms with Gasteiger partial charge in [0.25, 0.3) is 14.4 Å². The summed E-state index contributed by atoms with van der Waals surface area (Å²) < 4.78 is 37.8. The number of ether oxygens (including phenoxy) is 3. The number of hydrogen-bond donors (Lipinski definition) is 1. The van der Waals surface area contributed by atoms with Crippen LogP contribution in [0.3, 0.4) is 0 Å². The number of aromatic nitrogens is 6. The number of methoxy groups -OCH3 is 1. The molecular formula is C52H59N8O7P. The zero-order chi connectivity index (χ0) is 46.1. The molecule has 15 nitrogen and oxygen atoms in total. The molecule has 1 amide bonds. The monoisotopic (exact) mass is 938 g/mol. The molecule has 1 aliphatic rings. The molecule has 7 unspecified atom stereocenters. The van der Waals surface area contributed by atoms with E-state index < -0.39 is 44.1 Å². The maximum atomic E-state index is 13.2. The highest BCUT2D eigenvalue weighted by atomic mass is 31.2. The predicted molar refractivity (Wildman–Crippen MR) is 263 cm³/mol. The number of nitrogens with one attached hydrogen (secondary N) is 1. The van der Waals surface area contributed by atoms with Crippen LogP contribution in [-0.4, -0.2) is 72.3 Å². The van der Waals surface area contributed by atoms with Crippen molar-refractivity contribution in [3.05, 3.63) is 181 Å². The van der Waals surface area contributed by atoms with Crippen LogP contribution in [0, 0.1) is 23.7 Å². The first-order valence-electron chi connectivity index (χ1n) is 21.9. The first-order chi connectivity index (χ1) is 32.2. The van der Waals surface area contributed by atoms with Crippen molar-refractivity contribution in [2.75, 3.05) is 19.0 Å². The lowest BCUT2D eigenvalue weighted by molar-refractivity contribution is -0.0911. The number of nitriles is 1. The second kappa shape index (κ2) is 22.9. The van der Waals surface area contributed by atoms with Crippen LogP contribution in [0.15, 0.2) is 153 Å². The van der Waals surface area contributed by atoms with Crippen molar-refractivity contribution < 1.29 is 33.5 Å². The van der Waals surface area contributed by atoms with Gasteiger partial charge in [-0.2, -0.15) is 5.26 Å². The molecule has 0 aliphatic carbocycles. The van der Waals surface area contributed by atoms with Crippen molar-refractivity contribution in [3.8, 4) is 11.8 Å². The number of hydrogen-bond acceptors (Lipinski definition) is 11. The first-order valence-corrected chi connectivity index (χ1v) is 23.0. The number of anilines is 1. The van der Waals surface area contributed by atoms with Crippen molar-refractivity contribution in [3.63, 3.8) is 0 Å². The number of aryl methyl sites for hydroxylation is 1. The van der Waals surface area contributed by atoms with Crippen LogP contribution >= 0.6 is 8.53 Å². The summed E-state index contributed by atoms with van der Waals surface area (Å²) in [4.78, 5) is 31.3. The molecule has 4 aromatic carbocycles. The fourth-order valence-electron chi connectivity index (χ4n) is 8.33. The molecule has 16 heteroatoms. The Morgan fingerprint density at radius 1 is 0.985 bits per heavy atom. The zero-order valence-corrected chi connectivity index (χ0v) is 38.8. The molecule has 0 spiro atoms. The van der Waals surface area contributed by atoms with Gasteiger partial charge >= 0.3 is 0 Å². The highest BCUT2D eigenvalue weighted by Crippen LogP contribution is 2.51. The van der Waals surface area contributed by atoms with Gasteiger partial charge in [-0.1, -0.05) is 118 Å². The summed E-state index contributed by atoms with van der Waals surface area (Å²) in [6.45, 7) is 10.3. The number of nitrogens with zero attached hydrogens (tertiary/aromatic N) is 7. The average Bonchev–Trinajstić information content (AvgIpc) is 4.14. The third kappa shape index (κ3) is 10.7. The van der Waals surface area contributed by atoms with Crippen molar-refractivity contribution in [2.45, 2.75) is 84.0 Å². The van der Waals surface area contributed by atoms with E-state index in [1.165, 1.54) is 6.33 Å². The second-order valence-corrected chi connectivity index (χ2v) is 17.8. The molecule has 8 rings (SSSR count). The highest BCUT2D eigenvalue weighted by molar-refractivity contribution is 7.45. The van der Waals surface area contributed by atoms with Crippen molar-refractivity contribution in [1.29, 1.82) is 5.26 Å². The summed E-state index contributed by atoms with van der Waals surface area (Å²) in [6, 6.07) is 37.7. The summed E-state index contributed by atoms with van der Waals surface area (Å²) >= 11 is 0. The van der Waals surface area contributed by atoms with E-state index in [9.17, 15) is 10.1 Å². The third-order valence-corrected chi connectivity index (χ3v) is 13.8. The first kappa shape index (κ1) is 50.8. The van der Waals surface area contributed by atoms with E-state index in [-0.39, 0.29) is 37.7 Å². The summed E-state index contributed by atoms with van der Waals surface area (Å²) in [5, 5.41) is 13.0. The van der Waals surface area contributed by atoms with Gasteiger partial charge in [-0.25, -0.2) is 19.9 Å². The van der Waals surface area contributed by atoms with Crippen LogP contribution in [0.1, 0.15) is 85.8 Å². The molecule has 68 heavy (non-hydrogen) atoms. The lowest BCUT2D eigenvalue weighted by atomic mass is 9.77. The Hall–Kier alpha value is -6.63. The molecule has 3 N–H and O–H groups in total. The van der Waals surface area contributed by atoms with Gasteiger partial charge < -0.3 is 34.1 Å². The molecule has 1 aliphatic heterocycles. The van der Waals surface area contributed by atoms with Crippen LogP contribution in [0.4, 0.5) is 5.82 Å². The van der Waals surface area contributed by atoms with Crippen LogP contribution in [0.5, 0.6) is 5.75 Å². The minimum atomic E-state index is -1.89. The van der Waals surface area contributed by atoms with Crippen molar-refractivity contribution >= 4 is 31.4 Å². The topological polar surface area (TPSA) is 192 Å². The Morgan fingerprint density at radius 2 is 1.66 bits per heavy atom.